The number of pyridine rings is 1. The Kier molecular flexibility index (Phi) is 7.15. The number of piperidine rings is 1. The molecule has 1 aliphatic rings. The van der Waals surface area contributed by atoms with Gasteiger partial charge in [-0.05, 0) is 49.6 Å². The molecule has 1 saturated heterocycles. The van der Waals surface area contributed by atoms with Gasteiger partial charge in [-0.15, -0.1) is 0 Å². The van der Waals surface area contributed by atoms with E-state index in [4.69, 9.17) is 19.2 Å². The minimum absolute atomic E-state index is 0.106. The predicted octanol–water partition coefficient (Wildman–Crippen LogP) is 2.89. The molecule has 1 N–H and O–H groups in total. The smallest absolute Gasteiger partial charge is 0.258 e. The van der Waals surface area contributed by atoms with Gasteiger partial charge in [-0.2, -0.15) is 0 Å². The number of aryl methyl sites for hydroxylation is 1. The minimum atomic E-state index is -0.106. The Hall–Kier alpha value is -3.10. The topological polar surface area (TPSA) is 77.3 Å². The molecule has 1 aromatic carbocycles. The molecule has 1 aliphatic heterocycles. The molecule has 0 atom stereocenters. The number of anilines is 1. The van der Waals surface area contributed by atoms with Gasteiger partial charge < -0.3 is 24.4 Å². The van der Waals surface area contributed by atoms with Crippen molar-refractivity contribution in [3.63, 3.8) is 0 Å². The third kappa shape index (κ3) is 4.96. The third-order valence-corrected chi connectivity index (χ3v) is 6.21. The fourth-order valence-electron chi connectivity index (χ4n) is 4.37. The third-order valence-electron chi connectivity index (χ3n) is 6.21. The van der Waals surface area contributed by atoms with E-state index in [1.54, 1.807) is 31.8 Å². The average molecular weight is 453 g/mol. The lowest BCUT2D eigenvalue weighted by Gasteiger charge is -2.34. The molecule has 1 fully saturated rings. The maximum absolute atomic E-state index is 13.1. The summed E-state index contributed by atoms with van der Waals surface area (Å²) in [6.45, 7) is 5.50. The fourth-order valence-corrected chi connectivity index (χ4v) is 4.37. The highest BCUT2D eigenvalue weighted by Crippen LogP contribution is 2.32. The van der Waals surface area contributed by atoms with Crippen LogP contribution in [0.2, 0.25) is 0 Å². The van der Waals surface area contributed by atoms with Crippen LogP contribution >= 0.6 is 0 Å². The van der Waals surface area contributed by atoms with Crippen molar-refractivity contribution in [2.24, 2.45) is 0 Å². The maximum Gasteiger partial charge on any atom is 0.258 e. The summed E-state index contributed by atoms with van der Waals surface area (Å²) < 4.78 is 17.5. The zero-order valence-corrected chi connectivity index (χ0v) is 19.8. The van der Waals surface area contributed by atoms with Crippen LogP contribution in [0.1, 0.15) is 18.4 Å². The first-order valence-electron chi connectivity index (χ1n) is 11.3. The highest BCUT2D eigenvalue weighted by Gasteiger charge is 2.20. The number of hydrogen-bond donors (Lipinski definition) is 1. The maximum atomic E-state index is 13.1. The van der Waals surface area contributed by atoms with Crippen LogP contribution in [0.3, 0.4) is 0 Å². The first kappa shape index (κ1) is 23.1. The van der Waals surface area contributed by atoms with Crippen molar-refractivity contribution in [3.8, 4) is 22.8 Å². The van der Waals surface area contributed by atoms with E-state index in [0.717, 1.165) is 55.9 Å². The first-order chi connectivity index (χ1) is 16.0. The number of rotatable bonds is 8. The molecule has 0 bridgehead atoms. The second-order valence-electron chi connectivity index (χ2n) is 8.33. The lowest BCUT2D eigenvalue weighted by molar-refractivity contribution is 0.193. The Balaban J connectivity index is 1.59. The molecule has 4 rings (SSSR count). The van der Waals surface area contributed by atoms with Crippen molar-refractivity contribution in [2.75, 3.05) is 52.5 Å². The molecule has 3 heterocycles. The number of nitrogens with zero attached hydrogens (tertiary/aromatic N) is 3. The van der Waals surface area contributed by atoms with Crippen molar-refractivity contribution in [1.82, 2.24) is 14.7 Å². The molecule has 0 radical (unpaired) electrons. The normalized spacial score (nSPS) is 14.6. The summed E-state index contributed by atoms with van der Waals surface area (Å²) in [6.07, 6.45) is 4.03. The van der Waals surface area contributed by atoms with Crippen molar-refractivity contribution in [2.45, 2.75) is 25.8 Å². The van der Waals surface area contributed by atoms with E-state index in [2.05, 4.69) is 16.3 Å². The summed E-state index contributed by atoms with van der Waals surface area (Å²) in [5, 5.41) is 3.55. The van der Waals surface area contributed by atoms with E-state index in [1.165, 1.54) is 0 Å². The summed E-state index contributed by atoms with van der Waals surface area (Å²) in [4.78, 5) is 20.2. The van der Waals surface area contributed by atoms with Gasteiger partial charge >= 0.3 is 0 Å². The second kappa shape index (κ2) is 10.2. The first-order valence-corrected chi connectivity index (χ1v) is 11.3. The van der Waals surface area contributed by atoms with Gasteiger partial charge in [-0.25, -0.2) is 4.98 Å². The molecule has 3 aromatic rings. The monoisotopic (exact) mass is 452 g/mol. The number of fused-ring (bicyclic) bond motifs is 1. The van der Waals surface area contributed by atoms with E-state index in [-0.39, 0.29) is 5.56 Å². The van der Waals surface area contributed by atoms with Gasteiger partial charge in [0.15, 0.2) is 11.5 Å². The van der Waals surface area contributed by atoms with Crippen LogP contribution in [0.5, 0.6) is 11.5 Å². The van der Waals surface area contributed by atoms with Gasteiger partial charge in [0.05, 0.1) is 32.2 Å². The molecular formula is C25H32N4O4. The molecule has 0 spiro atoms. The standard InChI is InChI=1S/C25H32N4O4/c1-17-13-20(28-10-7-19(8-11-28)26-9-12-31-2)16-29-24(30)15-21(27-25(17)29)18-5-6-22(32-3)23(14-18)33-4/h5-6,13-16,19,26H,7-12H2,1-4H3. The van der Waals surface area contributed by atoms with Crippen molar-refractivity contribution in [1.29, 1.82) is 0 Å². The highest BCUT2D eigenvalue weighted by molar-refractivity contribution is 5.67. The van der Waals surface area contributed by atoms with Gasteiger partial charge in [0.1, 0.15) is 5.65 Å². The van der Waals surface area contributed by atoms with E-state index in [9.17, 15) is 4.79 Å². The summed E-state index contributed by atoms with van der Waals surface area (Å²) in [5.41, 5.74) is 3.99. The van der Waals surface area contributed by atoms with E-state index < -0.39 is 0 Å². The van der Waals surface area contributed by atoms with Gasteiger partial charge in [0, 0.05) is 50.6 Å². The van der Waals surface area contributed by atoms with Crippen molar-refractivity contribution < 1.29 is 14.2 Å². The second-order valence-corrected chi connectivity index (χ2v) is 8.33. The number of hydrogen-bond acceptors (Lipinski definition) is 7. The molecule has 0 unspecified atom stereocenters. The number of benzene rings is 1. The van der Waals surface area contributed by atoms with E-state index in [1.807, 2.05) is 31.3 Å². The molecule has 8 nitrogen and oxygen atoms in total. The fraction of sp³-hybridized carbons (Fsp3) is 0.440. The zero-order chi connectivity index (χ0) is 23.4. The molecule has 176 valence electrons. The quantitative estimate of drug-likeness (QED) is 0.527. The summed E-state index contributed by atoms with van der Waals surface area (Å²) in [6, 6.07) is 9.75. The predicted molar refractivity (Wildman–Crippen MR) is 130 cm³/mol. The Morgan fingerprint density at radius 1 is 1.06 bits per heavy atom. The van der Waals surface area contributed by atoms with Gasteiger partial charge in [0.25, 0.3) is 5.56 Å². The van der Waals surface area contributed by atoms with Crippen molar-refractivity contribution in [3.05, 3.63) is 52.4 Å². The Morgan fingerprint density at radius 3 is 2.52 bits per heavy atom. The Labute approximate surface area is 194 Å². The van der Waals surface area contributed by atoms with Crippen LogP contribution in [-0.2, 0) is 4.74 Å². The lowest BCUT2D eigenvalue weighted by Crippen LogP contribution is -2.43. The largest absolute Gasteiger partial charge is 0.493 e. The van der Waals surface area contributed by atoms with Crippen LogP contribution in [-0.4, -0.2) is 63.0 Å². The Morgan fingerprint density at radius 2 is 1.82 bits per heavy atom. The number of methoxy groups -OCH3 is 3. The molecular weight excluding hydrogens is 420 g/mol. The Bertz CT molecular complexity index is 1170. The van der Waals surface area contributed by atoms with Crippen LogP contribution in [0, 0.1) is 6.92 Å². The number of ether oxygens (including phenoxy) is 3. The summed E-state index contributed by atoms with van der Waals surface area (Å²) in [7, 11) is 4.91. The van der Waals surface area contributed by atoms with Crippen LogP contribution < -0.4 is 25.2 Å². The molecule has 8 heteroatoms. The zero-order valence-electron chi connectivity index (χ0n) is 19.8. The van der Waals surface area contributed by atoms with E-state index in [0.29, 0.717) is 28.9 Å². The van der Waals surface area contributed by atoms with E-state index >= 15 is 0 Å². The molecule has 0 aliphatic carbocycles. The summed E-state index contributed by atoms with van der Waals surface area (Å²) >= 11 is 0. The average Bonchev–Trinajstić information content (AvgIpc) is 2.84. The van der Waals surface area contributed by atoms with Gasteiger partial charge in [-0.1, -0.05) is 0 Å². The van der Waals surface area contributed by atoms with Crippen LogP contribution in [0.15, 0.2) is 41.3 Å². The van der Waals surface area contributed by atoms with Crippen molar-refractivity contribution >= 4 is 11.3 Å². The van der Waals surface area contributed by atoms with Crippen LogP contribution in [0.25, 0.3) is 16.9 Å². The SMILES string of the molecule is COCCNC1CCN(c2cc(C)c3nc(-c4ccc(OC)c(OC)c4)cc(=O)n3c2)CC1. The number of nitrogens with one attached hydrogen (secondary N) is 1. The minimum Gasteiger partial charge on any atom is -0.493 e. The summed E-state index contributed by atoms with van der Waals surface area (Å²) in [5.74, 6) is 1.24. The van der Waals surface area contributed by atoms with Gasteiger partial charge in [-0.3, -0.25) is 9.20 Å². The molecule has 33 heavy (non-hydrogen) atoms. The molecule has 2 aromatic heterocycles. The van der Waals surface area contributed by atoms with Crippen LogP contribution in [0.4, 0.5) is 5.69 Å². The molecule has 0 saturated carbocycles. The lowest BCUT2D eigenvalue weighted by atomic mass is 10.0. The van der Waals surface area contributed by atoms with Gasteiger partial charge in [0.2, 0.25) is 0 Å². The number of aromatic nitrogens is 2. The molecule has 0 amide bonds. The highest BCUT2D eigenvalue weighted by atomic mass is 16.5.